The van der Waals surface area contributed by atoms with Crippen molar-refractivity contribution in [3.63, 3.8) is 0 Å². The van der Waals surface area contributed by atoms with E-state index in [1.807, 2.05) is 0 Å². The van der Waals surface area contributed by atoms with Gasteiger partial charge in [-0.1, -0.05) is 200 Å². The van der Waals surface area contributed by atoms with Gasteiger partial charge < -0.3 is 9.47 Å². The Labute approximate surface area is 385 Å². The molecule has 0 fully saturated rings. The van der Waals surface area contributed by atoms with E-state index in [0.717, 1.165) is 28.3 Å². The summed E-state index contributed by atoms with van der Waals surface area (Å²) in [6, 6.07) is 96.8. The maximum absolute atomic E-state index is 2.39. The van der Waals surface area contributed by atoms with Gasteiger partial charge in [0.2, 0.25) is 0 Å². The van der Waals surface area contributed by atoms with Gasteiger partial charge >= 0.3 is 0 Å². The Morgan fingerprint density at radius 1 is 0.258 bits per heavy atom. The second-order valence-electron chi connectivity index (χ2n) is 16.9. The average Bonchev–Trinajstić information content (AvgIpc) is 3.74. The zero-order valence-electron chi connectivity index (χ0n) is 36.3. The van der Waals surface area contributed by atoms with Crippen LogP contribution >= 0.6 is 0 Å². The molecule has 0 amide bonds. The highest BCUT2D eigenvalue weighted by molar-refractivity contribution is 6.16. The third-order valence-corrected chi connectivity index (χ3v) is 13.0. The van der Waals surface area contributed by atoms with Gasteiger partial charge in [0.05, 0.1) is 11.0 Å². The first kappa shape index (κ1) is 38.9. The SMILES string of the molecule is c1ccc(-c2ccc(-c3ccc(N(c4ccc(-c5cccc6ccccc56)cc4)c4cccc(-c5cccc(-c6cccc7c6c6ccccc6n7-c6ccccc6)c5)c4)cc3)cc2)cc1. The lowest BCUT2D eigenvalue weighted by Gasteiger charge is -2.26. The Hall–Kier alpha value is -8.72. The van der Waals surface area contributed by atoms with E-state index in [1.54, 1.807) is 0 Å². The quantitative estimate of drug-likeness (QED) is 0.141. The summed E-state index contributed by atoms with van der Waals surface area (Å²) in [6.07, 6.45) is 0. The standard InChI is InChI=1S/C64H44N2/c1-3-15-45(16-4-1)46-31-33-47(34-32-46)48-35-39-55(40-36-48)65(56-41-37-50(38-42-56)59-27-13-18-49-17-7-8-25-58(49)59)57-24-12-20-52(44-57)51-19-11-21-53(43-51)60-28-14-30-63-64(60)61-26-9-10-29-62(61)66(63)54-22-5-2-6-23-54/h1-44H. The lowest BCUT2D eigenvalue weighted by Crippen LogP contribution is -2.10. The molecule has 0 saturated heterocycles. The number of hydrogen-bond acceptors (Lipinski definition) is 1. The molecule has 0 aliphatic carbocycles. The molecule has 0 bridgehead atoms. The van der Waals surface area contributed by atoms with Gasteiger partial charge in [-0.05, 0) is 133 Å². The minimum atomic E-state index is 1.09. The number of anilines is 3. The number of aromatic nitrogens is 1. The van der Waals surface area contributed by atoms with Gasteiger partial charge in [-0.15, -0.1) is 0 Å². The van der Waals surface area contributed by atoms with E-state index in [-0.39, 0.29) is 0 Å². The number of nitrogens with zero attached hydrogens (tertiary/aromatic N) is 2. The van der Waals surface area contributed by atoms with Crippen LogP contribution in [0.4, 0.5) is 17.1 Å². The normalized spacial score (nSPS) is 11.3. The fraction of sp³-hybridized carbons (Fsp3) is 0. The van der Waals surface area contributed by atoms with Crippen molar-refractivity contribution < 1.29 is 0 Å². The minimum Gasteiger partial charge on any atom is -0.310 e. The van der Waals surface area contributed by atoms with Gasteiger partial charge in [-0.25, -0.2) is 0 Å². The molecule has 0 spiro atoms. The van der Waals surface area contributed by atoms with E-state index in [1.165, 1.54) is 82.6 Å². The number of fused-ring (bicyclic) bond motifs is 4. The van der Waals surface area contributed by atoms with Crippen molar-refractivity contribution in [3.05, 3.63) is 267 Å². The van der Waals surface area contributed by atoms with E-state index in [4.69, 9.17) is 0 Å². The first-order chi connectivity index (χ1) is 32.7. The number of benzene rings is 11. The Balaban J connectivity index is 0.935. The fourth-order valence-corrected chi connectivity index (χ4v) is 9.81. The molecule has 310 valence electrons. The lowest BCUT2D eigenvalue weighted by molar-refractivity contribution is 1.18. The van der Waals surface area contributed by atoms with Crippen LogP contribution in [-0.2, 0) is 0 Å². The van der Waals surface area contributed by atoms with Crippen molar-refractivity contribution >= 4 is 49.6 Å². The molecule has 11 aromatic carbocycles. The summed E-state index contributed by atoms with van der Waals surface area (Å²) in [5, 5.41) is 5.00. The zero-order chi connectivity index (χ0) is 43.8. The highest BCUT2D eigenvalue weighted by Gasteiger charge is 2.18. The van der Waals surface area contributed by atoms with Crippen LogP contribution in [0.5, 0.6) is 0 Å². The molecule has 12 rings (SSSR count). The highest BCUT2D eigenvalue weighted by Crippen LogP contribution is 2.42. The van der Waals surface area contributed by atoms with E-state index < -0.39 is 0 Å². The van der Waals surface area contributed by atoms with Gasteiger partial charge in [0.25, 0.3) is 0 Å². The number of rotatable bonds is 9. The summed E-state index contributed by atoms with van der Waals surface area (Å²) in [4.78, 5) is 2.38. The topological polar surface area (TPSA) is 8.17 Å². The van der Waals surface area contributed by atoms with Crippen LogP contribution in [0, 0.1) is 0 Å². The molecular formula is C64H44N2. The maximum Gasteiger partial charge on any atom is 0.0547 e. The van der Waals surface area contributed by atoms with Crippen LogP contribution < -0.4 is 4.90 Å². The van der Waals surface area contributed by atoms with Crippen molar-refractivity contribution in [2.24, 2.45) is 0 Å². The van der Waals surface area contributed by atoms with Crippen molar-refractivity contribution in [2.75, 3.05) is 4.90 Å². The molecule has 12 aromatic rings. The fourth-order valence-electron chi connectivity index (χ4n) is 9.81. The monoisotopic (exact) mass is 840 g/mol. The Bertz CT molecular complexity index is 3660. The van der Waals surface area contributed by atoms with Gasteiger partial charge in [0.15, 0.2) is 0 Å². The van der Waals surface area contributed by atoms with E-state index in [9.17, 15) is 0 Å². The Kier molecular flexibility index (Phi) is 9.89. The molecule has 0 N–H and O–H groups in total. The van der Waals surface area contributed by atoms with Crippen LogP contribution in [0.2, 0.25) is 0 Å². The van der Waals surface area contributed by atoms with Gasteiger partial charge in [0, 0.05) is 33.5 Å². The molecule has 2 nitrogen and oxygen atoms in total. The van der Waals surface area contributed by atoms with Gasteiger partial charge in [-0.3, -0.25) is 0 Å². The molecule has 66 heavy (non-hydrogen) atoms. The second kappa shape index (κ2) is 16.8. The average molecular weight is 841 g/mol. The zero-order valence-corrected chi connectivity index (χ0v) is 36.3. The Morgan fingerprint density at radius 2 is 0.727 bits per heavy atom. The largest absolute Gasteiger partial charge is 0.310 e. The molecule has 0 radical (unpaired) electrons. The van der Waals surface area contributed by atoms with Crippen LogP contribution in [0.15, 0.2) is 267 Å². The molecule has 0 saturated carbocycles. The molecule has 2 heteroatoms. The first-order valence-electron chi connectivity index (χ1n) is 22.7. The summed E-state index contributed by atoms with van der Waals surface area (Å²) >= 11 is 0. The molecule has 1 aromatic heterocycles. The number of para-hydroxylation sites is 2. The summed E-state index contributed by atoms with van der Waals surface area (Å²) in [6.45, 7) is 0. The minimum absolute atomic E-state index is 1.09. The smallest absolute Gasteiger partial charge is 0.0547 e. The molecular weight excluding hydrogens is 797 g/mol. The molecule has 0 unspecified atom stereocenters. The predicted octanol–water partition coefficient (Wildman–Crippen LogP) is 17.7. The summed E-state index contributed by atoms with van der Waals surface area (Å²) in [5.41, 5.74) is 18.8. The second-order valence-corrected chi connectivity index (χ2v) is 16.9. The Morgan fingerprint density at radius 3 is 1.45 bits per heavy atom. The summed E-state index contributed by atoms with van der Waals surface area (Å²) in [7, 11) is 0. The van der Waals surface area contributed by atoms with Gasteiger partial charge in [0.1, 0.15) is 0 Å². The van der Waals surface area contributed by atoms with E-state index in [2.05, 4.69) is 276 Å². The van der Waals surface area contributed by atoms with Crippen LogP contribution in [0.3, 0.4) is 0 Å². The van der Waals surface area contributed by atoms with E-state index in [0.29, 0.717) is 0 Å². The number of hydrogen-bond donors (Lipinski definition) is 0. The molecule has 0 aliphatic heterocycles. The van der Waals surface area contributed by atoms with Crippen LogP contribution in [-0.4, -0.2) is 4.57 Å². The van der Waals surface area contributed by atoms with Crippen molar-refractivity contribution in [2.45, 2.75) is 0 Å². The third-order valence-electron chi connectivity index (χ3n) is 13.0. The predicted molar refractivity (Wildman–Crippen MR) is 280 cm³/mol. The molecule has 0 aliphatic rings. The van der Waals surface area contributed by atoms with Crippen LogP contribution in [0.25, 0.3) is 93.9 Å². The summed E-state index contributed by atoms with van der Waals surface area (Å²) in [5.74, 6) is 0. The molecule has 0 atom stereocenters. The summed E-state index contributed by atoms with van der Waals surface area (Å²) < 4.78 is 2.39. The molecule has 1 heterocycles. The maximum atomic E-state index is 2.39. The first-order valence-corrected chi connectivity index (χ1v) is 22.7. The van der Waals surface area contributed by atoms with E-state index >= 15 is 0 Å². The van der Waals surface area contributed by atoms with Crippen molar-refractivity contribution in [3.8, 4) is 61.3 Å². The highest BCUT2D eigenvalue weighted by atomic mass is 15.1. The van der Waals surface area contributed by atoms with Crippen molar-refractivity contribution in [1.82, 2.24) is 4.57 Å². The van der Waals surface area contributed by atoms with Crippen LogP contribution in [0.1, 0.15) is 0 Å². The third kappa shape index (κ3) is 7.12. The van der Waals surface area contributed by atoms with Crippen molar-refractivity contribution in [1.29, 1.82) is 0 Å². The van der Waals surface area contributed by atoms with Gasteiger partial charge in [-0.2, -0.15) is 0 Å². The lowest BCUT2D eigenvalue weighted by atomic mass is 9.95.